The van der Waals surface area contributed by atoms with Crippen LogP contribution in [0.5, 0.6) is 0 Å². The summed E-state index contributed by atoms with van der Waals surface area (Å²) in [5, 5.41) is 5.86. The SMILES string of the molecule is CCC(=O)NCc1csc(C2CCCN(C(=O)c3ccco3)C2)n1. The summed E-state index contributed by atoms with van der Waals surface area (Å²) in [5.74, 6) is 0.602. The molecule has 1 atom stereocenters. The number of rotatable bonds is 5. The summed E-state index contributed by atoms with van der Waals surface area (Å²) >= 11 is 1.60. The topological polar surface area (TPSA) is 75.4 Å². The van der Waals surface area contributed by atoms with Crippen molar-refractivity contribution in [3.63, 3.8) is 0 Å². The molecular weight excluding hydrogens is 326 g/mol. The van der Waals surface area contributed by atoms with Gasteiger partial charge in [0.2, 0.25) is 5.91 Å². The van der Waals surface area contributed by atoms with Crippen LogP contribution >= 0.6 is 11.3 Å². The van der Waals surface area contributed by atoms with Crippen molar-refractivity contribution in [1.82, 2.24) is 15.2 Å². The Balaban J connectivity index is 1.61. The Hall–Kier alpha value is -2.15. The molecule has 0 saturated carbocycles. The second kappa shape index (κ2) is 7.61. The maximum Gasteiger partial charge on any atom is 0.289 e. The highest BCUT2D eigenvalue weighted by Crippen LogP contribution is 2.30. The van der Waals surface area contributed by atoms with Crippen molar-refractivity contribution in [3.05, 3.63) is 40.2 Å². The van der Waals surface area contributed by atoms with E-state index in [1.165, 1.54) is 6.26 Å². The molecule has 1 fully saturated rings. The van der Waals surface area contributed by atoms with E-state index in [0.717, 1.165) is 30.1 Å². The Morgan fingerprint density at radius 1 is 1.50 bits per heavy atom. The van der Waals surface area contributed by atoms with Gasteiger partial charge in [0.15, 0.2) is 5.76 Å². The van der Waals surface area contributed by atoms with Gasteiger partial charge in [-0.05, 0) is 25.0 Å². The van der Waals surface area contributed by atoms with Crippen LogP contribution in [-0.4, -0.2) is 34.8 Å². The summed E-state index contributed by atoms with van der Waals surface area (Å²) in [6.45, 7) is 3.70. The van der Waals surface area contributed by atoms with E-state index in [0.29, 0.717) is 25.3 Å². The standard InChI is InChI=1S/C17H21N3O3S/c1-2-15(21)18-9-13-11-24-16(19-13)12-5-3-7-20(10-12)17(22)14-6-4-8-23-14/h4,6,8,11-12H,2-3,5,7,9-10H2,1H3,(H,18,21). The number of carbonyl (C=O) groups is 2. The Morgan fingerprint density at radius 3 is 3.12 bits per heavy atom. The molecule has 1 unspecified atom stereocenters. The van der Waals surface area contributed by atoms with Crippen molar-refractivity contribution in [3.8, 4) is 0 Å². The number of amides is 2. The lowest BCUT2D eigenvalue weighted by atomic mass is 9.98. The molecule has 2 amide bonds. The number of furan rings is 1. The van der Waals surface area contributed by atoms with E-state index in [-0.39, 0.29) is 17.7 Å². The average Bonchev–Trinajstić information content (AvgIpc) is 3.30. The lowest BCUT2D eigenvalue weighted by Crippen LogP contribution is -2.39. The zero-order chi connectivity index (χ0) is 16.9. The number of thiazole rings is 1. The highest BCUT2D eigenvalue weighted by Gasteiger charge is 2.28. The summed E-state index contributed by atoms with van der Waals surface area (Å²) in [4.78, 5) is 30.2. The molecule has 3 rings (SSSR count). The van der Waals surface area contributed by atoms with Crippen LogP contribution in [0.1, 0.15) is 53.4 Å². The molecule has 0 spiro atoms. The third kappa shape index (κ3) is 3.84. The Bertz CT molecular complexity index is 696. The Morgan fingerprint density at radius 2 is 2.38 bits per heavy atom. The first kappa shape index (κ1) is 16.7. The fraction of sp³-hybridized carbons (Fsp3) is 0.471. The highest BCUT2D eigenvalue weighted by molar-refractivity contribution is 7.09. The van der Waals surface area contributed by atoms with Crippen molar-refractivity contribution in [2.45, 2.75) is 38.6 Å². The van der Waals surface area contributed by atoms with Gasteiger partial charge in [-0.1, -0.05) is 6.92 Å². The predicted octanol–water partition coefficient (Wildman–Crippen LogP) is 2.78. The summed E-state index contributed by atoms with van der Waals surface area (Å²) in [6, 6.07) is 3.43. The van der Waals surface area contributed by atoms with Crippen LogP contribution in [0.3, 0.4) is 0 Å². The van der Waals surface area contributed by atoms with Gasteiger partial charge in [0.1, 0.15) is 0 Å². The third-order valence-electron chi connectivity index (χ3n) is 4.15. The second-order valence-corrected chi connectivity index (χ2v) is 6.76. The molecule has 0 radical (unpaired) electrons. The lowest BCUT2D eigenvalue weighted by molar-refractivity contribution is -0.120. The minimum atomic E-state index is -0.0586. The van der Waals surface area contributed by atoms with E-state index in [4.69, 9.17) is 4.42 Å². The molecule has 1 N–H and O–H groups in total. The van der Waals surface area contributed by atoms with Crippen LogP contribution in [0.15, 0.2) is 28.2 Å². The van der Waals surface area contributed by atoms with Crippen molar-refractivity contribution in [2.24, 2.45) is 0 Å². The van der Waals surface area contributed by atoms with Crippen LogP contribution in [0, 0.1) is 0 Å². The van der Waals surface area contributed by atoms with Crippen molar-refractivity contribution in [2.75, 3.05) is 13.1 Å². The molecule has 0 aromatic carbocycles. The van der Waals surface area contributed by atoms with Crippen molar-refractivity contribution >= 4 is 23.2 Å². The van der Waals surface area contributed by atoms with E-state index in [1.54, 1.807) is 23.5 Å². The van der Waals surface area contributed by atoms with Crippen LogP contribution in [0.2, 0.25) is 0 Å². The van der Waals surface area contributed by atoms with Gasteiger partial charge in [0.05, 0.1) is 23.5 Å². The number of nitrogens with one attached hydrogen (secondary N) is 1. The number of nitrogens with zero attached hydrogens (tertiary/aromatic N) is 2. The van der Waals surface area contributed by atoms with Crippen molar-refractivity contribution < 1.29 is 14.0 Å². The highest BCUT2D eigenvalue weighted by atomic mass is 32.1. The zero-order valence-electron chi connectivity index (χ0n) is 13.7. The Labute approximate surface area is 144 Å². The molecule has 1 saturated heterocycles. The van der Waals surface area contributed by atoms with Crippen LogP contribution in [-0.2, 0) is 11.3 Å². The van der Waals surface area contributed by atoms with Crippen LogP contribution in [0.25, 0.3) is 0 Å². The number of carbonyl (C=O) groups excluding carboxylic acids is 2. The fourth-order valence-electron chi connectivity index (χ4n) is 2.82. The van der Waals surface area contributed by atoms with Gasteiger partial charge in [0.25, 0.3) is 5.91 Å². The Kier molecular flexibility index (Phi) is 5.30. The fourth-order valence-corrected chi connectivity index (χ4v) is 3.77. The van der Waals surface area contributed by atoms with Gasteiger partial charge >= 0.3 is 0 Å². The maximum absolute atomic E-state index is 12.4. The van der Waals surface area contributed by atoms with Gasteiger partial charge in [-0.25, -0.2) is 4.98 Å². The van der Waals surface area contributed by atoms with Gasteiger partial charge < -0.3 is 14.6 Å². The summed E-state index contributed by atoms with van der Waals surface area (Å²) in [6.07, 6.45) is 3.98. The molecule has 3 heterocycles. The molecule has 1 aliphatic heterocycles. The molecule has 2 aromatic heterocycles. The molecule has 24 heavy (non-hydrogen) atoms. The summed E-state index contributed by atoms with van der Waals surface area (Å²) in [7, 11) is 0. The third-order valence-corrected chi connectivity index (χ3v) is 5.20. The molecule has 128 valence electrons. The number of hydrogen-bond acceptors (Lipinski definition) is 5. The average molecular weight is 347 g/mol. The molecule has 0 bridgehead atoms. The second-order valence-electron chi connectivity index (χ2n) is 5.87. The van der Waals surface area contributed by atoms with Gasteiger partial charge in [-0.2, -0.15) is 0 Å². The zero-order valence-corrected chi connectivity index (χ0v) is 14.5. The molecule has 1 aliphatic rings. The molecular formula is C17H21N3O3S. The minimum Gasteiger partial charge on any atom is -0.459 e. The lowest BCUT2D eigenvalue weighted by Gasteiger charge is -2.31. The van der Waals surface area contributed by atoms with E-state index in [1.807, 2.05) is 17.2 Å². The number of piperidine rings is 1. The summed E-state index contributed by atoms with van der Waals surface area (Å²) < 4.78 is 5.21. The largest absolute Gasteiger partial charge is 0.459 e. The van der Waals surface area contributed by atoms with E-state index in [9.17, 15) is 9.59 Å². The predicted molar refractivity (Wildman–Crippen MR) is 90.8 cm³/mol. The normalized spacial score (nSPS) is 17.7. The van der Waals surface area contributed by atoms with E-state index < -0.39 is 0 Å². The quantitative estimate of drug-likeness (QED) is 0.902. The monoisotopic (exact) mass is 347 g/mol. The first-order valence-corrected chi connectivity index (χ1v) is 9.09. The smallest absolute Gasteiger partial charge is 0.289 e. The van der Waals surface area contributed by atoms with Crippen molar-refractivity contribution in [1.29, 1.82) is 0 Å². The molecule has 6 nitrogen and oxygen atoms in total. The van der Waals surface area contributed by atoms with Crippen LogP contribution in [0.4, 0.5) is 0 Å². The van der Waals surface area contributed by atoms with Gasteiger partial charge in [-0.15, -0.1) is 11.3 Å². The first-order chi connectivity index (χ1) is 11.7. The van der Waals surface area contributed by atoms with E-state index in [2.05, 4.69) is 10.3 Å². The summed E-state index contributed by atoms with van der Waals surface area (Å²) in [5.41, 5.74) is 0.881. The minimum absolute atomic E-state index is 0.0254. The maximum atomic E-state index is 12.4. The molecule has 7 heteroatoms. The van der Waals surface area contributed by atoms with E-state index >= 15 is 0 Å². The molecule has 0 aliphatic carbocycles. The van der Waals surface area contributed by atoms with Gasteiger partial charge in [0, 0.05) is 30.8 Å². The molecule has 2 aromatic rings. The first-order valence-electron chi connectivity index (χ1n) is 8.21. The number of aromatic nitrogens is 1. The number of hydrogen-bond donors (Lipinski definition) is 1. The van der Waals surface area contributed by atoms with Gasteiger partial charge in [-0.3, -0.25) is 9.59 Å². The van der Waals surface area contributed by atoms with Crippen LogP contribution < -0.4 is 5.32 Å². The number of likely N-dealkylation sites (tertiary alicyclic amines) is 1.